The summed E-state index contributed by atoms with van der Waals surface area (Å²) >= 11 is 0. The number of benzene rings is 2. The SMILES string of the molecule is Cc1ccc(-c2nc(CN3N=N[C@@H]4C(=O)N(c5ccc(C(C)C)cc5)C(=O)[C@@H]43)c(C)o2)cc1. The van der Waals surface area contributed by atoms with Crippen molar-refractivity contribution in [3.63, 3.8) is 0 Å². The fourth-order valence-corrected chi connectivity index (χ4v) is 4.16. The van der Waals surface area contributed by atoms with Gasteiger partial charge in [-0.2, -0.15) is 5.11 Å². The second-order valence-electron chi connectivity index (χ2n) is 8.84. The van der Waals surface area contributed by atoms with Gasteiger partial charge in [0.1, 0.15) is 11.5 Å². The van der Waals surface area contributed by atoms with Gasteiger partial charge in [0.05, 0.1) is 12.2 Å². The van der Waals surface area contributed by atoms with E-state index in [0.717, 1.165) is 16.7 Å². The lowest BCUT2D eigenvalue weighted by molar-refractivity contribution is -0.123. The van der Waals surface area contributed by atoms with E-state index in [-0.39, 0.29) is 18.4 Å². The predicted molar refractivity (Wildman–Crippen MR) is 122 cm³/mol. The molecule has 5 rings (SSSR count). The van der Waals surface area contributed by atoms with Crippen LogP contribution in [-0.2, 0) is 16.1 Å². The van der Waals surface area contributed by atoms with Crippen LogP contribution < -0.4 is 4.90 Å². The van der Waals surface area contributed by atoms with Crippen molar-refractivity contribution in [1.82, 2.24) is 9.99 Å². The minimum atomic E-state index is -0.842. The summed E-state index contributed by atoms with van der Waals surface area (Å²) in [4.78, 5) is 32.1. The molecule has 0 unspecified atom stereocenters. The van der Waals surface area contributed by atoms with E-state index in [1.54, 1.807) is 0 Å². The van der Waals surface area contributed by atoms with E-state index in [1.807, 2.05) is 62.4 Å². The number of aryl methyl sites for hydroxylation is 2. The average molecular weight is 444 g/mol. The summed E-state index contributed by atoms with van der Waals surface area (Å²) in [5.74, 6) is 0.833. The second-order valence-corrected chi connectivity index (χ2v) is 8.84. The van der Waals surface area contributed by atoms with E-state index < -0.39 is 12.1 Å². The van der Waals surface area contributed by atoms with Gasteiger partial charge in [-0.1, -0.05) is 48.9 Å². The number of carbonyl (C=O) groups excluding carboxylic acids is 2. The molecule has 0 aliphatic carbocycles. The summed E-state index contributed by atoms with van der Waals surface area (Å²) in [5.41, 5.74) is 4.38. The highest BCUT2D eigenvalue weighted by Gasteiger charge is 2.54. The lowest BCUT2D eigenvalue weighted by Crippen LogP contribution is -2.39. The molecule has 3 heterocycles. The largest absolute Gasteiger partial charge is 0.441 e. The molecule has 33 heavy (non-hydrogen) atoms. The molecule has 0 N–H and O–H groups in total. The number of carbonyl (C=O) groups is 2. The summed E-state index contributed by atoms with van der Waals surface area (Å²) in [6.45, 7) is 8.27. The molecule has 1 saturated heterocycles. The zero-order valence-electron chi connectivity index (χ0n) is 19.0. The molecule has 1 aromatic heterocycles. The van der Waals surface area contributed by atoms with Gasteiger partial charge in [-0.05, 0) is 49.6 Å². The van der Waals surface area contributed by atoms with E-state index in [0.29, 0.717) is 29.0 Å². The number of imide groups is 1. The molecule has 0 spiro atoms. The summed E-state index contributed by atoms with van der Waals surface area (Å²) in [5, 5.41) is 9.78. The molecule has 2 atom stereocenters. The Balaban J connectivity index is 1.37. The van der Waals surface area contributed by atoms with Gasteiger partial charge in [-0.25, -0.2) is 9.88 Å². The van der Waals surface area contributed by atoms with Gasteiger partial charge in [0.2, 0.25) is 5.89 Å². The third kappa shape index (κ3) is 3.61. The first-order valence-electron chi connectivity index (χ1n) is 11.0. The van der Waals surface area contributed by atoms with Crippen LogP contribution in [0.3, 0.4) is 0 Å². The zero-order valence-corrected chi connectivity index (χ0v) is 19.0. The molecule has 8 nitrogen and oxygen atoms in total. The molecule has 0 radical (unpaired) electrons. The van der Waals surface area contributed by atoms with Crippen molar-refractivity contribution >= 4 is 17.5 Å². The number of hydrogen-bond acceptors (Lipinski definition) is 7. The van der Waals surface area contributed by atoms with E-state index in [4.69, 9.17) is 4.42 Å². The van der Waals surface area contributed by atoms with E-state index in [2.05, 4.69) is 29.2 Å². The molecule has 2 aliphatic rings. The standard InChI is InChI=1S/C25H25N5O3/c1-14(2)17-9-11-19(12-10-17)30-24(31)21-22(25(30)32)29(28-27-21)13-20-16(4)33-23(26-20)18-7-5-15(3)6-8-18/h5-12,14,21-22H,13H2,1-4H3/t21-,22+/m0/s1. The Labute approximate surface area is 191 Å². The van der Waals surface area contributed by atoms with Crippen LogP contribution >= 0.6 is 0 Å². The van der Waals surface area contributed by atoms with Gasteiger partial charge in [0.25, 0.3) is 11.8 Å². The highest BCUT2D eigenvalue weighted by atomic mass is 16.4. The van der Waals surface area contributed by atoms with Gasteiger partial charge in [0, 0.05) is 5.56 Å². The molecule has 0 saturated carbocycles. The number of hydrogen-bond donors (Lipinski definition) is 0. The maximum atomic E-state index is 13.3. The van der Waals surface area contributed by atoms with Crippen molar-refractivity contribution < 1.29 is 14.0 Å². The second kappa shape index (κ2) is 7.95. The van der Waals surface area contributed by atoms with Crippen LogP contribution in [0.15, 0.2) is 63.3 Å². The van der Waals surface area contributed by atoms with Crippen molar-refractivity contribution in [3.05, 3.63) is 71.1 Å². The topological polar surface area (TPSA) is 91.4 Å². The Hall–Kier alpha value is -3.81. The maximum Gasteiger partial charge on any atom is 0.263 e. The van der Waals surface area contributed by atoms with Gasteiger partial charge >= 0.3 is 0 Å². The molecule has 0 bridgehead atoms. The number of rotatable bonds is 5. The summed E-state index contributed by atoms with van der Waals surface area (Å²) < 4.78 is 5.86. The number of anilines is 1. The van der Waals surface area contributed by atoms with Crippen molar-refractivity contribution in [1.29, 1.82) is 0 Å². The molecule has 1 fully saturated rings. The van der Waals surface area contributed by atoms with Crippen molar-refractivity contribution in [2.75, 3.05) is 4.90 Å². The Morgan fingerprint density at radius 1 is 0.970 bits per heavy atom. The Morgan fingerprint density at radius 2 is 1.67 bits per heavy atom. The van der Waals surface area contributed by atoms with E-state index in [9.17, 15) is 9.59 Å². The average Bonchev–Trinajstić information content (AvgIpc) is 3.45. The molecule has 2 amide bonds. The zero-order chi connectivity index (χ0) is 23.3. The quantitative estimate of drug-likeness (QED) is 0.539. The number of nitrogens with zero attached hydrogens (tertiary/aromatic N) is 5. The Bertz CT molecular complexity index is 1240. The molecular formula is C25H25N5O3. The fourth-order valence-electron chi connectivity index (χ4n) is 4.16. The van der Waals surface area contributed by atoms with Crippen LogP contribution in [0.25, 0.3) is 11.5 Å². The fraction of sp³-hybridized carbons (Fsp3) is 0.320. The van der Waals surface area contributed by atoms with Gasteiger partial charge in [-0.15, -0.1) is 0 Å². The Morgan fingerprint density at radius 3 is 2.33 bits per heavy atom. The van der Waals surface area contributed by atoms with Crippen LogP contribution in [0, 0.1) is 13.8 Å². The first-order valence-corrected chi connectivity index (χ1v) is 11.0. The first-order chi connectivity index (χ1) is 15.8. The maximum absolute atomic E-state index is 13.3. The number of aromatic nitrogens is 1. The molecule has 2 aromatic carbocycles. The van der Waals surface area contributed by atoms with Crippen LogP contribution in [0.5, 0.6) is 0 Å². The first kappa shape index (κ1) is 21.1. The summed E-state index contributed by atoms with van der Waals surface area (Å²) in [6, 6.07) is 13.8. The minimum Gasteiger partial charge on any atom is -0.441 e. The summed E-state index contributed by atoms with van der Waals surface area (Å²) in [6.07, 6.45) is 0. The highest BCUT2D eigenvalue weighted by molar-refractivity contribution is 6.25. The highest BCUT2D eigenvalue weighted by Crippen LogP contribution is 2.34. The molecule has 2 aliphatic heterocycles. The third-order valence-corrected chi connectivity index (χ3v) is 6.18. The van der Waals surface area contributed by atoms with Crippen molar-refractivity contribution in [2.24, 2.45) is 10.3 Å². The third-order valence-electron chi connectivity index (χ3n) is 6.18. The van der Waals surface area contributed by atoms with Gasteiger partial charge < -0.3 is 4.42 Å². The molecule has 168 valence electrons. The van der Waals surface area contributed by atoms with Crippen LogP contribution in [0.4, 0.5) is 5.69 Å². The lowest BCUT2D eigenvalue weighted by atomic mass is 10.0. The van der Waals surface area contributed by atoms with E-state index >= 15 is 0 Å². The number of oxazole rings is 1. The van der Waals surface area contributed by atoms with Gasteiger partial charge in [-0.3, -0.25) is 14.6 Å². The van der Waals surface area contributed by atoms with Crippen LogP contribution in [0.1, 0.15) is 42.3 Å². The van der Waals surface area contributed by atoms with Crippen molar-refractivity contribution in [3.8, 4) is 11.5 Å². The minimum absolute atomic E-state index is 0.227. The van der Waals surface area contributed by atoms with E-state index in [1.165, 1.54) is 9.91 Å². The van der Waals surface area contributed by atoms with Crippen LogP contribution in [0.2, 0.25) is 0 Å². The number of fused-ring (bicyclic) bond motifs is 1. The van der Waals surface area contributed by atoms with Crippen LogP contribution in [-0.4, -0.2) is 33.9 Å². The normalized spacial score (nSPS) is 19.8. The smallest absolute Gasteiger partial charge is 0.263 e. The molecular weight excluding hydrogens is 418 g/mol. The Kier molecular flexibility index (Phi) is 5.08. The summed E-state index contributed by atoms with van der Waals surface area (Å²) in [7, 11) is 0. The molecule has 3 aromatic rings. The molecule has 8 heteroatoms. The van der Waals surface area contributed by atoms with Gasteiger partial charge in [0.15, 0.2) is 12.1 Å². The monoisotopic (exact) mass is 443 g/mol. The predicted octanol–water partition coefficient (Wildman–Crippen LogP) is 4.58. The van der Waals surface area contributed by atoms with Crippen molar-refractivity contribution in [2.45, 2.75) is 52.2 Å². The lowest BCUT2D eigenvalue weighted by Gasteiger charge is -2.20. The number of amides is 2.